The average Bonchev–Trinajstić information content (AvgIpc) is 3.23. The summed E-state index contributed by atoms with van der Waals surface area (Å²) in [5.41, 5.74) is 9.41. The summed E-state index contributed by atoms with van der Waals surface area (Å²) in [7, 11) is 0. The number of imidazole rings is 1. The number of rotatable bonds is 4. The lowest BCUT2D eigenvalue weighted by Crippen LogP contribution is -1.98. The predicted molar refractivity (Wildman–Crippen MR) is 83.3 cm³/mol. The van der Waals surface area contributed by atoms with E-state index in [9.17, 15) is 0 Å². The molecule has 21 heavy (non-hydrogen) atoms. The Labute approximate surface area is 123 Å². The van der Waals surface area contributed by atoms with E-state index in [0.29, 0.717) is 5.69 Å². The van der Waals surface area contributed by atoms with E-state index in [1.807, 2.05) is 53.2 Å². The molecule has 0 atom stereocenters. The molecule has 0 aliphatic heterocycles. The molecule has 0 unspecified atom stereocenters. The number of hydrogen-bond donors (Lipinski definition) is 1. The number of fused-ring (bicyclic) bond motifs is 1. The summed E-state index contributed by atoms with van der Waals surface area (Å²) >= 11 is 0. The molecule has 0 bridgehead atoms. The van der Waals surface area contributed by atoms with Gasteiger partial charge in [0.1, 0.15) is 5.75 Å². The van der Waals surface area contributed by atoms with Crippen molar-refractivity contribution in [2.45, 2.75) is 12.8 Å². The minimum absolute atomic E-state index is 0.688. The molecule has 1 saturated carbocycles. The Morgan fingerprint density at radius 1 is 1.19 bits per heavy atom. The van der Waals surface area contributed by atoms with E-state index in [2.05, 4.69) is 4.98 Å². The van der Waals surface area contributed by atoms with Gasteiger partial charge in [-0.3, -0.25) is 0 Å². The van der Waals surface area contributed by atoms with Crippen LogP contribution < -0.4 is 10.5 Å². The summed E-state index contributed by atoms with van der Waals surface area (Å²) in [6, 6.07) is 11.9. The number of hydrogen-bond acceptors (Lipinski definition) is 3. The summed E-state index contributed by atoms with van der Waals surface area (Å²) in [6.07, 6.45) is 6.56. The molecule has 1 aromatic carbocycles. The molecule has 1 aliphatic carbocycles. The molecule has 4 heteroatoms. The number of ether oxygens (including phenoxy) is 1. The Morgan fingerprint density at radius 2 is 2.00 bits per heavy atom. The molecule has 4 nitrogen and oxygen atoms in total. The van der Waals surface area contributed by atoms with Crippen LogP contribution >= 0.6 is 0 Å². The minimum Gasteiger partial charge on any atom is -0.493 e. The van der Waals surface area contributed by atoms with Crippen molar-refractivity contribution in [3.05, 3.63) is 48.8 Å². The Bertz CT molecular complexity index is 772. The van der Waals surface area contributed by atoms with Crippen LogP contribution in [0.5, 0.6) is 5.75 Å². The first-order valence-corrected chi connectivity index (χ1v) is 7.26. The van der Waals surface area contributed by atoms with Crippen molar-refractivity contribution in [3.8, 4) is 17.0 Å². The van der Waals surface area contributed by atoms with Gasteiger partial charge in [0.05, 0.1) is 18.0 Å². The zero-order valence-corrected chi connectivity index (χ0v) is 11.7. The van der Waals surface area contributed by atoms with E-state index >= 15 is 0 Å². The van der Waals surface area contributed by atoms with E-state index in [4.69, 9.17) is 10.5 Å². The molecule has 2 heterocycles. The number of anilines is 1. The number of aromatic nitrogens is 2. The Morgan fingerprint density at radius 3 is 2.71 bits per heavy atom. The smallest absolute Gasteiger partial charge is 0.160 e. The van der Waals surface area contributed by atoms with Crippen molar-refractivity contribution in [1.82, 2.24) is 9.38 Å². The number of nitrogen functional groups attached to an aromatic ring is 1. The van der Waals surface area contributed by atoms with Gasteiger partial charge in [-0.25, -0.2) is 4.98 Å². The van der Waals surface area contributed by atoms with Crippen LogP contribution in [0.15, 0.2) is 48.8 Å². The fraction of sp³-hybridized carbons (Fsp3) is 0.235. The highest BCUT2D eigenvalue weighted by atomic mass is 16.5. The number of benzene rings is 1. The zero-order chi connectivity index (χ0) is 14.2. The third kappa shape index (κ3) is 2.44. The molecule has 0 spiro atoms. The second kappa shape index (κ2) is 4.81. The highest BCUT2D eigenvalue weighted by Gasteiger charge is 2.21. The molecule has 3 aromatic rings. The fourth-order valence-corrected chi connectivity index (χ4v) is 2.39. The summed E-state index contributed by atoms with van der Waals surface area (Å²) in [5.74, 6) is 1.69. The van der Waals surface area contributed by atoms with Crippen molar-refractivity contribution < 1.29 is 4.74 Å². The van der Waals surface area contributed by atoms with Crippen molar-refractivity contribution in [2.24, 2.45) is 5.92 Å². The van der Waals surface area contributed by atoms with Gasteiger partial charge in [-0.1, -0.05) is 0 Å². The predicted octanol–water partition coefficient (Wildman–Crippen LogP) is 3.37. The topological polar surface area (TPSA) is 52.5 Å². The zero-order valence-electron chi connectivity index (χ0n) is 11.7. The second-order valence-electron chi connectivity index (χ2n) is 5.60. The maximum atomic E-state index is 5.94. The Hall–Kier alpha value is -2.49. The first-order chi connectivity index (χ1) is 10.3. The van der Waals surface area contributed by atoms with Gasteiger partial charge < -0.3 is 14.9 Å². The minimum atomic E-state index is 0.688. The van der Waals surface area contributed by atoms with Crippen LogP contribution in [-0.4, -0.2) is 16.0 Å². The molecule has 0 amide bonds. The molecule has 1 fully saturated rings. The van der Waals surface area contributed by atoms with Crippen molar-refractivity contribution in [2.75, 3.05) is 12.3 Å². The van der Waals surface area contributed by atoms with Gasteiger partial charge in [0.15, 0.2) is 5.65 Å². The monoisotopic (exact) mass is 279 g/mol. The van der Waals surface area contributed by atoms with E-state index in [0.717, 1.165) is 35.2 Å². The highest BCUT2D eigenvalue weighted by molar-refractivity contribution is 5.70. The van der Waals surface area contributed by atoms with E-state index < -0.39 is 0 Å². The van der Waals surface area contributed by atoms with Crippen molar-refractivity contribution in [1.29, 1.82) is 0 Å². The van der Waals surface area contributed by atoms with Gasteiger partial charge in [0.25, 0.3) is 0 Å². The number of nitrogens with two attached hydrogens (primary N) is 1. The largest absolute Gasteiger partial charge is 0.493 e. The second-order valence-corrected chi connectivity index (χ2v) is 5.60. The summed E-state index contributed by atoms with van der Waals surface area (Å²) in [6.45, 7) is 0.838. The average molecular weight is 279 g/mol. The van der Waals surface area contributed by atoms with Gasteiger partial charge >= 0.3 is 0 Å². The number of pyridine rings is 1. The fourth-order valence-electron chi connectivity index (χ4n) is 2.39. The molecule has 0 saturated heterocycles. The SMILES string of the molecule is Nc1cccn2cc(-c3ccc(OCC4CC4)cc3)nc12. The molecular weight excluding hydrogens is 262 g/mol. The van der Waals surface area contributed by atoms with Gasteiger partial charge in [0.2, 0.25) is 0 Å². The molecular formula is C17H17N3O. The number of nitrogens with zero attached hydrogens (tertiary/aromatic N) is 2. The molecule has 4 rings (SSSR count). The van der Waals surface area contributed by atoms with Crippen LogP contribution in [0.3, 0.4) is 0 Å². The van der Waals surface area contributed by atoms with Gasteiger partial charge in [-0.15, -0.1) is 0 Å². The van der Waals surface area contributed by atoms with Crippen molar-refractivity contribution >= 4 is 11.3 Å². The van der Waals surface area contributed by atoms with E-state index in [1.165, 1.54) is 12.8 Å². The van der Waals surface area contributed by atoms with Gasteiger partial charge in [-0.05, 0) is 55.2 Å². The van der Waals surface area contributed by atoms with Crippen LogP contribution in [0, 0.1) is 5.92 Å². The first-order valence-electron chi connectivity index (χ1n) is 7.26. The Kier molecular flexibility index (Phi) is 2.81. The third-order valence-corrected chi connectivity index (χ3v) is 3.85. The lowest BCUT2D eigenvalue weighted by Gasteiger charge is -2.05. The summed E-state index contributed by atoms with van der Waals surface area (Å²) in [4.78, 5) is 4.59. The molecule has 1 aliphatic rings. The van der Waals surface area contributed by atoms with E-state index in [-0.39, 0.29) is 0 Å². The van der Waals surface area contributed by atoms with Crippen LogP contribution in [0.25, 0.3) is 16.9 Å². The third-order valence-electron chi connectivity index (χ3n) is 3.85. The summed E-state index contributed by atoms with van der Waals surface area (Å²) in [5, 5.41) is 0. The Balaban J connectivity index is 1.60. The van der Waals surface area contributed by atoms with E-state index in [1.54, 1.807) is 0 Å². The van der Waals surface area contributed by atoms with Crippen LogP contribution in [0.1, 0.15) is 12.8 Å². The van der Waals surface area contributed by atoms with Gasteiger partial charge in [-0.2, -0.15) is 0 Å². The molecule has 106 valence electrons. The lowest BCUT2D eigenvalue weighted by atomic mass is 10.2. The normalized spacial score (nSPS) is 14.5. The van der Waals surface area contributed by atoms with Crippen LogP contribution in [0.4, 0.5) is 5.69 Å². The quantitative estimate of drug-likeness (QED) is 0.796. The first kappa shape index (κ1) is 12.3. The highest BCUT2D eigenvalue weighted by Crippen LogP contribution is 2.30. The molecule has 0 radical (unpaired) electrons. The van der Waals surface area contributed by atoms with Crippen LogP contribution in [0.2, 0.25) is 0 Å². The maximum Gasteiger partial charge on any atom is 0.160 e. The lowest BCUT2D eigenvalue weighted by molar-refractivity contribution is 0.300. The van der Waals surface area contributed by atoms with Crippen LogP contribution in [-0.2, 0) is 0 Å². The van der Waals surface area contributed by atoms with Crippen molar-refractivity contribution in [3.63, 3.8) is 0 Å². The standard InChI is InChI=1S/C17H17N3O/c18-15-2-1-9-20-10-16(19-17(15)20)13-5-7-14(8-6-13)21-11-12-3-4-12/h1-2,5-10,12H,3-4,11,18H2. The van der Waals surface area contributed by atoms with Gasteiger partial charge in [0, 0.05) is 18.0 Å². The molecule has 2 aromatic heterocycles. The molecule has 2 N–H and O–H groups in total. The maximum absolute atomic E-state index is 5.94. The summed E-state index contributed by atoms with van der Waals surface area (Å²) < 4.78 is 7.70.